The molecule has 3 fully saturated rings. The average molecular weight is 657 g/mol. The molecule has 1 N–H and O–H groups in total. The smallest absolute Gasteiger partial charge is 0.253 e. The van der Waals surface area contributed by atoms with Crippen LogP contribution in [0, 0.1) is 17.8 Å². The number of anilines is 3. The van der Waals surface area contributed by atoms with Crippen LogP contribution in [0.4, 0.5) is 17.1 Å². The second kappa shape index (κ2) is 14.3. The Morgan fingerprint density at radius 2 is 1.50 bits per heavy atom. The van der Waals surface area contributed by atoms with E-state index in [-0.39, 0.29) is 43.3 Å². The first kappa shape index (κ1) is 35.4. The highest BCUT2D eigenvalue weighted by molar-refractivity contribution is 6.07. The Kier molecular flexibility index (Phi) is 10.5. The molecule has 9 nitrogen and oxygen atoms in total. The van der Waals surface area contributed by atoms with Crippen LogP contribution in [-0.2, 0) is 19.1 Å². The number of aliphatic hydroxyl groups excluding tert-OH is 1. The molecule has 48 heavy (non-hydrogen) atoms. The molecule has 2 aromatic rings. The van der Waals surface area contributed by atoms with E-state index in [1.165, 1.54) is 0 Å². The monoisotopic (exact) mass is 656 g/mol. The van der Waals surface area contributed by atoms with Crippen molar-refractivity contribution in [1.82, 2.24) is 4.90 Å². The molecule has 3 aliphatic heterocycles. The molecule has 0 saturated carbocycles. The Balaban J connectivity index is 1.61. The molecule has 3 saturated heterocycles. The Bertz CT molecular complexity index is 1490. The van der Waals surface area contributed by atoms with Gasteiger partial charge in [-0.1, -0.05) is 44.2 Å². The van der Waals surface area contributed by atoms with Crippen LogP contribution in [0.3, 0.4) is 0 Å². The number of rotatable bonds is 15. The highest BCUT2D eigenvalue weighted by Gasteiger charge is 2.79. The number of likely N-dealkylation sites (tertiary alicyclic amines) is 1. The van der Waals surface area contributed by atoms with E-state index in [0.29, 0.717) is 30.6 Å². The molecule has 3 heterocycles. The molecular weight excluding hydrogens is 604 g/mol. The summed E-state index contributed by atoms with van der Waals surface area (Å²) in [5, 5.41) is 10.7. The number of aliphatic hydroxyl groups is 1. The molecule has 9 heteroatoms. The second-order valence-electron chi connectivity index (χ2n) is 13.9. The number of benzene rings is 2. The van der Waals surface area contributed by atoms with Crippen LogP contribution in [0.2, 0.25) is 0 Å². The van der Waals surface area contributed by atoms with E-state index in [0.717, 1.165) is 18.8 Å². The summed E-state index contributed by atoms with van der Waals surface area (Å²) in [5.41, 5.74) is 0.261. The average Bonchev–Trinajstić information content (AvgIpc) is 3.66. The minimum absolute atomic E-state index is 0.147. The maximum absolute atomic E-state index is 15.1. The van der Waals surface area contributed by atoms with Crippen molar-refractivity contribution in [3.8, 4) is 0 Å². The molecule has 2 bridgehead atoms. The molecule has 5 rings (SSSR count). The number of fused-ring (bicyclic) bond motifs is 1. The fourth-order valence-corrected chi connectivity index (χ4v) is 8.49. The number of ether oxygens (including phenoxy) is 1. The van der Waals surface area contributed by atoms with Crippen molar-refractivity contribution >= 4 is 34.8 Å². The predicted molar refractivity (Wildman–Crippen MR) is 191 cm³/mol. The van der Waals surface area contributed by atoms with Crippen molar-refractivity contribution in [3.63, 3.8) is 0 Å². The Morgan fingerprint density at radius 3 is 2.04 bits per heavy atom. The predicted octanol–water partition coefficient (Wildman–Crippen LogP) is 5.44. The van der Waals surface area contributed by atoms with Gasteiger partial charge in [-0.25, -0.2) is 0 Å². The lowest BCUT2D eigenvalue weighted by Crippen LogP contribution is -2.59. The molecule has 6 atom stereocenters. The number of hydrogen-bond donors (Lipinski definition) is 1. The van der Waals surface area contributed by atoms with Gasteiger partial charge in [0, 0.05) is 43.2 Å². The zero-order valence-electron chi connectivity index (χ0n) is 29.2. The van der Waals surface area contributed by atoms with Crippen LogP contribution >= 0.6 is 0 Å². The van der Waals surface area contributed by atoms with E-state index in [1.807, 2.05) is 75.4 Å². The quantitative estimate of drug-likeness (QED) is 0.257. The van der Waals surface area contributed by atoms with Gasteiger partial charge in [0.15, 0.2) is 0 Å². The third kappa shape index (κ3) is 5.96. The van der Waals surface area contributed by atoms with E-state index in [4.69, 9.17) is 4.74 Å². The zero-order chi connectivity index (χ0) is 34.8. The summed E-state index contributed by atoms with van der Waals surface area (Å²) in [6.45, 7) is 19.9. The molecule has 3 amide bonds. The first-order valence-corrected chi connectivity index (χ1v) is 17.4. The molecule has 0 aromatic heterocycles. The van der Waals surface area contributed by atoms with Gasteiger partial charge in [-0.15, -0.1) is 13.2 Å². The van der Waals surface area contributed by atoms with Crippen molar-refractivity contribution in [1.29, 1.82) is 0 Å². The molecule has 0 aliphatic carbocycles. The van der Waals surface area contributed by atoms with E-state index >= 15 is 4.79 Å². The van der Waals surface area contributed by atoms with Crippen LogP contribution in [0.5, 0.6) is 0 Å². The Labute approximate surface area is 285 Å². The summed E-state index contributed by atoms with van der Waals surface area (Å²) in [4.78, 5) is 51.8. The minimum atomic E-state index is -1.23. The number of carbonyl (C=O) groups is 3. The fourth-order valence-electron chi connectivity index (χ4n) is 8.49. The van der Waals surface area contributed by atoms with E-state index in [1.54, 1.807) is 26.9 Å². The number of amides is 3. The van der Waals surface area contributed by atoms with E-state index in [9.17, 15) is 14.7 Å². The number of carbonyl (C=O) groups excluding carboxylic acids is 3. The van der Waals surface area contributed by atoms with Crippen molar-refractivity contribution < 1.29 is 24.2 Å². The van der Waals surface area contributed by atoms with Crippen LogP contribution < -0.4 is 14.7 Å². The van der Waals surface area contributed by atoms with Gasteiger partial charge in [0.1, 0.15) is 11.6 Å². The molecule has 2 unspecified atom stereocenters. The van der Waals surface area contributed by atoms with Gasteiger partial charge < -0.3 is 29.4 Å². The van der Waals surface area contributed by atoms with Gasteiger partial charge in [0.2, 0.25) is 11.8 Å². The minimum Gasteiger partial charge on any atom is -0.394 e. The molecule has 258 valence electrons. The number of hydrogen-bond acceptors (Lipinski definition) is 6. The maximum atomic E-state index is 15.1. The summed E-state index contributed by atoms with van der Waals surface area (Å²) >= 11 is 0. The third-order valence-electron chi connectivity index (χ3n) is 10.6. The van der Waals surface area contributed by atoms with Gasteiger partial charge in [-0.2, -0.15) is 0 Å². The van der Waals surface area contributed by atoms with Crippen molar-refractivity contribution in [2.75, 3.05) is 47.5 Å². The molecule has 3 aliphatic rings. The van der Waals surface area contributed by atoms with Crippen molar-refractivity contribution in [3.05, 3.63) is 79.9 Å². The Morgan fingerprint density at radius 1 is 0.938 bits per heavy atom. The van der Waals surface area contributed by atoms with Crippen LogP contribution in [0.25, 0.3) is 0 Å². The fraction of sp³-hybridized carbons (Fsp3) is 0.513. The first-order chi connectivity index (χ1) is 23.0. The van der Waals surface area contributed by atoms with Gasteiger partial charge in [0.05, 0.1) is 30.1 Å². The lowest BCUT2D eigenvalue weighted by atomic mass is 9.66. The maximum Gasteiger partial charge on any atom is 0.253 e. The second-order valence-corrected chi connectivity index (χ2v) is 13.9. The Hall–Kier alpha value is -3.95. The first-order valence-electron chi connectivity index (χ1n) is 17.4. The summed E-state index contributed by atoms with van der Waals surface area (Å²) in [5.74, 6) is -2.39. The highest BCUT2D eigenvalue weighted by atomic mass is 16.5. The standard InChI is InChI=1S/C39H52N4O5/c1-8-23-41(29-15-13-12-14-16-29)35(45)32-33-36(46)43(31(26-44)25-27(5)6)34(39(33)22-21-38(32,7)48-39)37(47)42(24-9-2)30-19-17-28(18-20-30)40(10-3)11-4/h8-9,12-20,27,31-34,44H,1-2,10-11,21-26H2,3-7H3/t31-,32-,33+,34?,38+,39?/m1/s1. The largest absolute Gasteiger partial charge is 0.394 e. The lowest BCUT2D eigenvalue weighted by molar-refractivity contribution is -0.148. The van der Waals surface area contributed by atoms with Crippen molar-refractivity contribution in [2.24, 2.45) is 17.8 Å². The number of nitrogens with zero attached hydrogens (tertiary/aromatic N) is 4. The van der Waals surface area contributed by atoms with Crippen LogP contribution in [0.15, 0.2) is 79.9 Å². The van der Waals surface area contributed by atoms with E-state index in [2.05, 4.69) is 31.9 Å². The SMILES string of the molecule is C=CCN(C(=O)C1N([C@@H](CO)CC(C)C)C(=O)[C@@H]2[C@H](C(=O)N(CC=C)c3ccccc3)[C@]3(C)CCC12O3)c1ccc(N(CC)CC)cc1. The lowest BCUT2D eigenvalue weighted by Gasteiger charge is -2.40. The topological polar surface area (TPSA) is 93.6 Å². The zero-order valence-corrected chi connectivity index (χ0v) is 29.2. The highest BCUT2D eigenvalue weighted by Crippen LogP contribution is 2.64. The van der Waals surface area contributed by atoms with Gasteiger partial charge in [-0.3, -0.25) is 14.4 Å². The normalized spacial score (nSPS) is 26.4. The van der Waals surface area contributed by atoms with Crippen molar-refractivity contribution in [2.45, 2.75) is 77.2 Å². The molecule has 2 aromatic carbocycles. The van der Waals surface area contributed by atoms with Gasteiger partial charge in [0.25, 0.3) is 5.91 Å². The third-order valence-corrected chi connectivity index (χ3v) is 10.6. The van der Waals surface area contributed by atoms with Gasteiger partial charge >= 0.3 is 0 Å². The summed E-state index contributed by atoms with van der Waals surface area (Å²) in [6.07, 6.45) is 4.83. The number of para-hydroxylation sites is 1. The molecule has 1 spiro atoms. The van der Waals surface area contributed by atoms with Crippen LogP contribution in [0.1, 0.15) is 53.9 Å². The molecule has 0 radical (unpaired) electrons. The van der Waals surface area contributed by atoms with Crippen LogP contribution in [-0.4, -0.2) is 83.8 Å². The van der Waals surface area contributed by atoms with E-state index < -0.39 is 35.1 Å². The molecular formula is C39H52N4O5. The summed E-state index contributed by atoms with van der Waals surface area (Å²) < 4.78 is 6.95. The van der Waals surface area contributed by atoms with Gasteiger partial charge in [-0.05, 0) is 82.3 Å². The summed E-state index contributed by atoms with van der Waals surface area (Å²) in [7, 11) is 0. The summed E-state index contributed by atoms with van der Waals surface area (Å²) in [6, 6.07) is 15.6.